The highest BCUT2D eigenvalue weighted by Crippen LogP contribution is 2.27. The Kier molecular flexibility index (Phi) is 6.30. The van der Waals surface area contributed by atoms with Gasteiger partial charge in [0.05, 0.1) is 6.61 Å². The second-order valence-corrected chi connectivity index (χ2v) is 6.49. The molecular weight excluding hydrogens is 258 g/mol. The molecule has 1 rings (SSSR count). The summed E-state index contributed by atoms with van der Waals surface area (Å²) in [4.78, 5) is 22.4. The Hall–Kier alpha value is -1.26. The van der Waals surface area contributed by atoms with Crippen LogP contribution in [0.25, 0.3) is 0 Å². The molecule has 0 unspecified atom stereocenters. The Morgan fingerprint density at radius 3 is 2.25 bits per heavy atom. The van der Waals surface area contributed by atoms with Crippen LogP contribution in [0.5, 0.6) is 0 Å². The van der Waals surface area contributed by atoms with Crippen molar-refractivity contribution in [3.05, 3.63) is 0 Å². The van der Waals surface area contributed by atoms with Gasteiger partial charge in [-0.05, 0) is 58.8 Å². The predicted octanol–water partition coefficient (Wildman–Crippen LogP) is 3.02. The molecule has 0 bridgehead atoms. The standard InChI is InChI=1S/C15H27NO4/c1-11(17)19-10-9-12-5-7-13(8-6-12)16-14(18)20-15(2,3)4/h12-13H,5-10H2,1-4H3,(H,16,18). The van der Waals surface area contributed by atoms with E-state index in [1.807, 2.05) is 20.8 Å². The van der Waals surface area contributed by atoms with Crippen LogP contribution in [0.1, 0.15) is 59.8 Å². The van der Waals surface area contributed by atoms with Crippen LogP contribution in [0.15, 0.2) is 0 Å². The van der Waals surface area contributed by atoms with E-state index in [0.29, 0.717) is 12.5 Å². The molecule has 0 aromatic rings. The van der Waals surface area contributed by atoms with E-state index in [4.69, 9.17) is 9.47 Å². The molecule has 1 saturated carbocycles. The van der Waals surface area contributed by atoms with E-state index in [-0.39, 0.29) is 18.1 Å². The molecule has 1 amide bonds. The van der Waals surface area contributed by atoms with Gasteiger partial charge in [-0.1, -0.05) is 0 Å². The molecule has 0 aromatic heterocycles. The Labute approximate surface area is 121 Å². The number of amides is 1. The monoisotopic (exact) mass is 285 g/mol. The van der Waals surface area contributed by atoms with E-state index < -0.39 is 5.60 Å². The lowest BCUT2D eigenvalue weighted by atomic mass is 9.84. The fraction of sp³-hybridized carbons (Fsp3) is 0.867. The van der Waals surface area contributed by atoms with Crippen molar-refractivity contribution in [1.29, 1.82) is 0 Å². The maximum atomic E-state index is 11.7. The number of alkyl carbamates (subject to hydrolysis) is 1. The van der Waals surface area contributed by atoms with Gasteiger partial charge >= 0.3 is 12.1 Å². The van der Waals surface area contributed by atoms with Gasteiger partial charge in [0.15, 0.2) is 0 Å². The zero-order valence-electron chi connectivity index (χ0n) is 13.0. The number of carbonyl (C=O) groups is 2. The van der Waals surface area contributed by atoms with Crippen molar-refractivity contribution in [2.75, 3.05) is 6.61 Å². The topological polar surface area (TPSA) is 64.6 Å². The fourth-order valence-electron chi connectivity index (χ4n) is 2.44. The molecule has 116 valence electrons. The molecule has 1 aliphatic carbocycles. The van der Waals surface area contributed by atoms with Crippen molar-refractivity contribution in [2.24, 2.45) is 5.92 Å². The fourth-order valence-corrected chi connectivity index (χ4v) is 2.44. The van der Waals surface area contributed by atoms with Gasteiger partial charge in [-0.3, -0.25) is 4.79 Å². The molecule has 0 aliphatic heterocycles. The van der Waals surface area contributed by atoms with Crippen molar-refractivity contribution < 1.29 is 19.1 Å². The molecular formula is C15H27NO4. The average Bonchev–Trinajstić information content (AvgIpc) is 2.28. The number of hydrogen-bond acceptors (Lipinski definition) is 4. The first-order valence-electron chi connectivity index (χ1n) is 7.39. The van der Waals surface area contributed by atoms with E-state index in [9.17, 15) is 9.59 Å². The number of hydrogen-bond donors (Lipinski definition) is 1. The van der Waals surface area contributed by atoms with Crippen LogP contribution in [0, 0.1) is 5.92 Å². The summed E-state index contributed by atoms with van der Waals surface area (Å²) in [6.07, 6.45) is 4.62. The van der Waals surface area contributed by atoms with Crippen molar-refractivity contribution in [1.82, 2.24) is 5.32 Å². The molecule has 0 radical (unpaired) electrons. The third-order valence-electron chi connectivity index (χ3n) is 3.40. The molecule has 0 heterocycles. The number of esters is 1. The summed E-state index contributed by atoms with van der Waals surface area (Å²) in [5, 5.41) is 2.92. The van der Waals surface area contributed by atoms with Crippen LogP contribution in [-0.2, 0) is 14.3 Å². The summed E-state index contributed by atoms with van der Waals surface area (Å²) in [7, 11) is 0. The van der Waals surface area contributed by atoms with Crippen molar-refractivity contribution >= 4 is 12.1 Å². The maximum absolute atomic E-state index is 11.7. The summed E-state index contributed by atoms with van der Waals surface area (Å²) in [6, 6.07) is 0.204. The summed E-state index contributed by atoms with van der Waals surface area (Å²) in [5.74, 6) is 0.372. The summed E-state index contributed by atoms with van der Waals surface area (Å²) in [6.45, 7) is 7.52. The van der Waals surface area contributed by atoms with Crippen molar-refractivity contribution in [2.45, 2.75) is 71.4 Å². The lowest BCUT2D eigenvalue weighted by molar-refractivity contribution is -0.141. The molecule has 0 atom stereocenters. The van der Waals surface area contributed by atoms with Crippen LogP contribution in [0.2, 0.25) is 0 Å². The van der Waals surface area contributed by atoms with Crippen molar-refractivity contribution in [3.8, 4) is 0 Å². The van der Waals surface area contributed by atoms with Gasteiger partial charge in [0.25, 0.3) is 0 Å². The SMILES string of the molecule is CC(=O)OCCC1CCC(NC(=O)OC(C)(C)C)CC1. The van der Waals surface area contributed by atoms with Crippen LogP contribution < -0.4 is 5.32 Å². The summed E-state index contributed by atoms with van der Waals surface area (Å²) in [5.41, 5.74) is -0.453. The molecule has 5 nitrogen and oxygen atoms in total. The number of rotatable bonds is 4. The minimum absolute atomic E-state index is 0.204. The van der Waals surface area contributed by atoms with Gasteiger partial charge in [-0.2, -0.15) is 0 Å². The first-order chi connectivity index (χ1) is 9.26. The number of carbonyl (C=O) groups excluding carboxylic acids is 2. The predicted molar refractivity (Wildman–Crippen MR) is 76.4 cm³/mol. The lowest BCUT2D eigenvalue weighted by Crippen LogP contribution is -2.41. The Bertz CT molecular complexity index is 327. The largest absolute Gasteiger partial charge is 0.466 e. The molecule has 0 spiro atoms. The second kappa shape index (κ2) is 7.50. The zero-order chi connectivity index (χ0) is 15.2. The normalized spacial score (nSPS) is 23.0. The smallest absolute Gasteiger partial charge is 0.407 e. The van der Waals surface area contributed by atoms with Crippen LogP contribution in [-0.4, -0.2) is 30.3 Å². The third-order valence-corrected chi connectivity index (χ3v) is 3.40. The Morgan fingerprint density at radius 1 is 1.15 bits per heavy atom. The Balaban J connectivity index is 2.18. The van der Waals surface area contributed by atoms with Gasteiger partial charge in [0, 0.05) is 13.0 Å². The van der Waals surface area contributed by atoms with E-state index in [0.717, 1.165) is 32.1 Å². The minimum Gasteiger partial charge on any atom is -0.466 e. The van der Waals surface area contributed by atoms with Gasteiger partial charge < -0.3 is 14.8 Å². The van der Waals surface area contributed by atoms with E-state index in [1.54, 1.807) is 0 Å². The molecule has 1 N–H and O–H groups in total. The van der Waals surface area contributed by atoms with E-state index in [2.05, 4.69) is 5.32 Å². The summed E-state index contributed by atoms with van der Waals surface area (Å²) >= 11 is 0. The first kappa shape index (κ1) is 16.8. The average molecular weight is 285 g/mol. The highest BCUT2D eigenvalue weighted by atomic mass is 16.6. The van der Waals surface area contributed by atoms with Crippen LogP contribution in [0.3, 0.4) is 0 Å². The van der Waals surface area contributed by atoms with Crippen LogP contribution in [0.4, 0.5) is 4.79 Å². The minimum atomic E-state index is -0.453. The highest BCUT2D eigenvalue weighted by Gasteiger charge is 2.24. The highest BCUT2D eigenvalue weighted by molar-refractivity contribution is 5.68. The third kappa shape index (κ3) is 7.36. The molecule has 5 heteroatoms. The number of ether oxygens (including phenoxy) is 2. The van der Waals surface area contributed by atoms with E-state index in [1.165, 1.54) is 6.92 Å². The molecule has 1 aliphatic rings. The summed E-state index contributed by atoms with van der Waals surface area (Å²) < 4.78 is 10.2. The van der Waals surface area contributed by atoms with Crippen molar-refractivity contribution in [3.63, 3.8) is 0 Å². The molecule has 0 saturated heterocycles. The maximum Gasteiger partial charge on any atom is 0.407 e. The van der Waals surface area contributed by atoms with E-state index >= 15 is 0 Å². The first-order valence-corrected chi connectivity index (χ1v) is 7.39. The molecule has 0 aromatic carbocycles. The lowest BCUT2D eigenvalue weighted by Gasteiger charge is -2.30. The van der Waals surface area contributed by atoms with Gasteiger partial charge in [-0.15, -0.1) is 0 Å². The van der Waals surface area contributed by atoms with Gasteiger partial charge in [0.2, 0.25) is 0 Å². The quantitative estimate of drug-likeness (QED) is 0.806. The molecule has 20 heavy (non-hydrogen) atoms. The zero-order valence-corrected chi connectivity index (χ0v) is 13.0. The Morgan fingerprint density at radius 2 is 1.75 bits per heavy atom. The van der Waals surface area contributed by atoms with Gasteiger partial charge in [-0.25, -0.2) is 4.79 Å². The molecule has 1 fully saturated rings. The van der Waals surface area contributed by atoms with Crippen LogP contribution >= 0.6 is 0 Å². The number of nitrogens with one attached hydrogen (secondary N) is 1. The van der Waals surface area contributed by atoms with Gasteiger partial charge in [0.1, 0.15) is 5.60 Å². The second-order valence-electron chi connectivity index (χ2n) is 6.49.